The van der Waals surface area contributed by atoms with E-state index in [-0.39, 0.29) is 23.9 Å². The van der Waals surface area contributed by atoms with Gasteiger partial charge in [0.15, 0.2) is 20.4 Å². The Morgan fingerprint density at radius 2 is 2.00 bits per heavy atom. The van der Waals surface area contributed by atoms with E-state index in [4.69, 9.17) is 4.42 Å². The minimum absolute atomic E-state index is 0.0528. The normalized spacial score (nSPS) is 11.6. The van der Waals surface area contributed by atoms with E-state index in [1.807, 2.05) is 0 Å². The van der Waals surface area contributed by atoms with Crippen LogP contribution in [-0.4, -0.2) is 30.1 Å². The van der Waals surface area contributed by atoms with E-state index in [1.165, 1.54) is 22.9 Å². The number of sulfone groups is 1. The van der Waals surface area contributed by atoms with Gasteiger partial charge in [0, 0.05) is 19.2 Å². The Bertz CT molecular complexity index is 1080. The number of fused-ring (bicyclic) bond motifs is 1. The van der Waals surface area contributed by atoms with Gasteiger partial charge in [0.1, 0.15) is 0 Å². The summed E-state index contributed by atoms with van der Waals surface area (Å²) in [5.41, 5.74) is 1.47. The molecule has 0 saturated carbocycles. The minimum atomic E-state index is -3.39. The molecular formula is C16H15N3O5S. The van der Waals surface area contributed by atoms with Gasteiger partial charge in [-0.3, -0.25) is 9.36 Å². The van der Waals surface area contributed by atoms with Crippen molar-refractivity contribution in [3.8, 4) is 0 Å². The predicted octanol–water partition coefficient (Wildman–Crippen LogP) is 1.42. The molecule has 0 radical (unpaired) electrons. The molecule has 0 spiro atoms. The smallest absolute Gasteiger partial charge is 0.408 e. The number of amides is 1. The Morgan fingerprint density at radius 3 is 2.68 bits per heavy atom. The van der Waals surface area contributed by atoms with Crippen LogP contribution in [0.2, 0.25) is 0 Å². The molecule has 2 heterocycles. The predicted molar refractivity (Wildman–Crippen MR) is 91.1 cm³/mol. The summed E-state index contributed by atoms with van der Waals surface area (Å²) >= 11 is 0. The first-order valence-corrected chi connectivity index (χ1v) is 9.28. The van der Waals surface area contributed by atoms with Crippen LogP contribution in [0.3, 0.4) is 0 Å². The van der Waals surface area contributed by atoms with Crippen molar-refractivity contribution in [3.63, 3.8) is 0 Å². The van der Waals surface area contributed by atoms with Gasteiger partial charge in [-0.25, -0.2) is 18.2 Å². The second-order valence-corrected chi connectivity index (χ2v) is 7.41. The molecule has 2 aromatic heterocycles. The van der Waals surface area contributed by atoms with Gasteiger partial charge >= 0.3 is 5.76 Å². The monoisotopic (exact) mass is 361 g/mol. The molecule has 3 rings (SSSR count). The lowest BCUT2D eigenvalue weighted by Crippen LogP contribution is -2.20. The summed E-state index contributed by atoms with van der Waals surface area (Å²) in [6.07, 6.45) is 2.38. The molecule has 8 nitrogen and oxygen atoms in total. The lowest BCUT2D eigenvalue weighted by Gasteiger charge is -2.06. The van der Waals surface area contributed by atoms with Crippen LogP contribution in [0.25, 0.3) is 11.1 Å². The number of hydrogen-bond donors (Lipinski definition) is 1. The first-order chi connectivity index (χ1) is 11.8. The van der Waals surface area contributed by atoms with Crippen LogP contribution >= 0.6 is 0 Å². The van der Waals surface area contributed by atoms with E-state index in [0.717, 1.165) is 6.26 Å². The van der Waals surface area contributed by atoms with Crippen LogP contribution in [0, 0.1) is 0 Å². The molecule has 25 heavy (non-hydrogen) atoms. The Hall–Kier alpha value is -2.94. The summed E-state index contributed by atoms with van der Waals surface area (Å²) in [6.45, 7) is 0.163. The van der Waals surface area contributed by atoms with Crippen molar-refractivity contribution in [3.05, 3.63) is 53.1 Å². The molecule has 0 atom stereocenters. The van der Waals surface area contributed by atoms with Gasteiger partial charge in [-0.05, 0) is 24.3 Å². The largest absolute Gasteiger partial charge is 0.419 e. The molecule has 1 amide bonds. The Labute approximate surface area is 143 Å². The highest BCUT2D eigenvalue weighted by Gasteiger charge is 2.12. The van der Waals surface area contributed by atoms with Crippen molar-refractivity contribution in [1.29, 1.82) is 0 Å². The average Bonchev–Trinajstić information content (AvgIpc) is 2.88. The molecule has 0 aliphatic carbocycles. The van der Waals surface area contributed by atoms with Crippen LogP contribution in [0.4, 0.5) is 5.69 Å². The number of carbonyl (C=O) groups excluding carboxylic acids is 1. The summed E-state index contributed by atoms with van der Waals surface area (Å²) < 4.78 is 29.2. The number of nitrogens with one attached hydrogen (secondary N) is 1. The zero-order valence-electron chi connectivity index (χ0n) is 13.3. The van der Waals surface area contributed by atoms with E-state index in [9.17, 15) is 18.0 Å². The molecule has 0 aliphatic heterocycles. The van der Waals surface area contributed by atoms with Crippen molar-refractivity contribution >= 4 is 32.5 Å². The van der Waals surface area contributed by atoms with Crippen LogP contribution in [0.1, 0.15) is 6.42 Å². The van der Waals surface area contributed by atoms with Crippen molar-refractivity contribution < 1.29 is 17.6 Å². The third-order valence-electron chi connectivity index (χ3n) is 3.54. The van der Waals surface area contributed by atoms with Gasteiger partial charge in [-0.1, -0.05) is 12.1 Å². The third kappa shape index (κ3) is 3.77. The fourth-order valence-electron chi connectivity index (χ4n) is 2.34. The lowest BCUT2D eigenvalue weighted by molar-refractivity contribution is -0.116. The number of pyridine rings is 1. The summed E-state index contributed by atoms with van der Waals surface area (Å²) in [6, 6.07) is 9.74. The highest BCUT2D eigenvalue weighted by molar-refractivity contribution is 7.90. The number of anilines is 1. The number of hydrogen-bond acceptors (Lipinski definition) is 6. The second kappa shape index (κ2) is 6.52. The van der Waals surface area contributed by atoms with Crippen molar-refractivity contribution in [2.45, 2.75) is 18.0 Å². The molecule has 9 heteroatoms. The van der Waals surface area contributed by atoms with Crippen molar-refractivity contribution in [2.24, 2.45) is 0 Å². The first-order valence-electron chi connectivity index (χ1n) is 7.39. The van der Waals surface area contributed by atoms with Gasteiger partial charge < -0.3 is 9.73 Å². The molecule has 130 valence electrons. The van der Waals surface area contributed by atoms with Gasteiger partial charge in [0.25, 0.3) is 0 Å². The quantitative estimate of drug-likeness (QED) is 0.736. The van der Waals surface area contributed by atoms with Crippen LogP contribution in [0.15, 0.2) is 56.8 Å². The Balaban J connectivity index is 1.67. The lowest BCUT2D eigenvalue weighted by atomic mass is 10.3. The van der Waals surface area contributed by atoms with E-state index in [1.54, 1.807) is 24.3 Å². The highest BCUT2D eigenvalue weighted by Crippen LogP contribution is 2.13. The average molecular weight is 361 g/mol. The topological polar surface area (TPSA) is 111 Å². The number of para-hydroxylation sites is 2. The number of nitrogens with zero attached hydrogens (tertiary/aromatic N) is 2. The van der Waals surface area contributed by atoms with Gasteiger partial charge in [-0.15, -0.1) is 0 Å². The summed E-state index contributed by atoms with van der Waals surface area (Å²) in [5.74, 6) is -0.848. The molecule has 1 aromatic carbocycles. The zero-order chi connectivity index (χ0) is 18.0. The molecule has 0 aliphatic rings. The number of aryl methyl sites for hydroxylation is 1. The first kappa shape index (κ1) is 16.9. The maximum Gasteiger partial charge on any atom is 0.419 e. The number of carbonyl (C=O) groups is 1. The van der Waals surface area contributed by atoms with Crippen molar-refractivity contribution in [2.75, 3.05) is 11.6 Å². The molecule has 0 bridgehead atoms. The number of oxazole rings is 1. The molecule has 0 saturated heterocycles. The van der Waals surface area contributed by atoms with E-state index in [2.05, 4.69) is 10.3 Å². The highest BCUT2D eigenvalue weighted by atomic mass is 32.2. The Morgan fingerprint density at radius 1 is 1.24 bits per heavy atom. The van der Waals surface area contributed by atoms with E-state index >= 15 is 0 Å². The second-order valence-electron chi connectivity index (χ2n) is 5.44. The maximum absolute atomic E-state index is 12.0. The molecule has 0 fully saturated rings. The molecule has 3 aromatic rings. The summed E-state index contributed by atoms with van der Waals surface area (Å²) in [5, 5.41) is 2.54. The minimum Gasteiger partial charge on any atom is -0.408 e. The maximum atomic E-state index is 12.0. The van der Waals surface area contributed by atoms with Crippen LogP contribution in [-0.2, 0) is 21.2 Å². The van der Waals surface area contributed by atoms with Gasteiger partial charge in [-0.2, -0.15) is 0 Å². The van der Waals surface area contributed by atoms with Crippen LogP contribution in [0.5, 0.6) is 0 Å². The van der Waals surface area contributed by atoms with E-state index in [0.29, 0.717) is 16.8 Å². The standard InChI is InChI=1S/C16H15N3O5S/c1-25(22,23)15-7-6-11(10-17-15)18-14(20)8-9-19-12-4-2-3-5-13(12)24-16(19)21/h2-7,10H,8-9H2,1H3,(H,18,20). The summed E-state index contributed by atoms with van der Waals surface area (Å²) in [7, 11) is -3.39. The third-order valence-corrected chi connectivity index (χ3v) is 4.54. The molecule has 1 N–H and O–H groups in total. The molecular weight excluding hydrogens is 346 g/mol. The number of rotatable bonds is 5. The Kier molecular flexibility index (Phi) is 4.41. The van der Waals surface area contributed by atoms with Crippen LogP contribution < -0.4 is 11.1 Å². The zero-order valence-corrected chi connectivity index (χ0v) is 14.1. The number of benzene rings is 1. The number of aromatic nitrogens is 2. The molecule has 0 unspecified atom stereocenters. The fraction of sp³-hybridized carbons (Fsp3) is 0.188. The summed E-state index contributed by atoms with van der Waals surface area (Å²) in [4.78, 5) is 27.7. The van der Waals surface area contributed by atoms with Gasteiger partial charge in [0.05, 0.1) is 17.4 Å². The van der Waals surface area contributed by atoms with Gasteiger partial charge in [0.2, 0.25) is 5.91 Å². The van der Waals surface area contributed by atoms with E-state index < -0.39 is 15.6 Å². The SMILES string of the molecule is CS(=O)(=O)c1ccc(NC(=O)CCn2c(=O)oc3ccccc32)cn1. The fourth-order valence-corrected chi connectivity index (χ4v) is 2.90. The van der Waals surface area contributed by atoms with Crippen molar-refractivity contribution in [1.82, 2.24) is 9.55 Å².